The van der Waals surface area contributed by atoms with Gasteiger partial charge in [-0.05, 0) is 88.7 Å². The van der Waals surface area contributed by atoms with Crippen molar-refractivity contribution in [1.29, 1.82) is 0 Å². The lowest BCUT2D eigenvalue weighted by Gasteiger charge is -2.25. The Morgan fingerprint density at radius 2 is 1.89 bits per heavy atom. The van der Waals surface area contributed by atoms with Gasteiger partial charge in [0.05, 0.1) is 24.4 Å². The van der Waals surface area contributed by atoms with Crippen molar-refractivity contribution in [1.82, 2.24) is 19.5 Å². The molecular formula is C28H39N5O2. The summed E-state index contributed by atoms with van der Waals surface area (Å²) < 4.78 is 7.36. The molecule has 2 atom stereocenters. The van der Waals surface area contributed by atoms with Gasteiger partial charge in [0.2, 0.25) is 5.95 Å². The van der Waals surface area contributed by atoms with Gasteiger partial charge < -0.3 is 15.2 Å². The summed E-state index contributed by atoms with van der Waals surface area (Å²) in [5, 5.41) is 18.4. The van der Waals surface area contributed by atoms with Crippen LogP contribution < -0.4 is 5.32 Å². The first-order valence-electron chi connectivity index (χ1n) is 13.2. The lowest BCUT2D eigenvalue weighted by molar-refractivity contribution is 0.121. The van der Waals surface area contributed by atoms with Crippen molar-refractivity contribution < 1.29 is 9.84 Å². The Hall–Kier alpha value is -2.48. The van der Waals surface area contributed by atoms with Crippen LogP contribution in [0.2, 0.25) is 0 Å². The molecule has 2 aromatic heterocycles. The van der Waals surface area contributed by atoms with E-state index in [2.05, 4.69) is 63.9 Å². The van der Waals surface area contributed by atoms with Gasteiger partial charge in [0.1, 0.15) is 0 Å². The summed E-state index contributed by atoms with van der Waals surface area (Å²) in [5.41, 5.74) is 5.99. The average molecular weight is 478 g/mol. The van der Waals surface area contributed by atoms with E-state index < -0.39 is 0 Å². The topological polar surface area (TPSA) is 74.9 Å². The van der Waals surface area contributed by atoms with Crippen LogP contribution in [0.4, 0.5) is 5.95 Å². The Balaban J connectivity index is 1.53. The van der Waals surface area contributed by atoms with Gasteiger partial charge in [-0.1, -0.05) is 18.2 Å². The van der Waals surface area contributed by atoms with E-state index in [1.807, 2.05) is 6.20 Å². The number of methoxy groups -OCH3 is 1. The highest BCUT2D eigenvalue weighted by atomic mass is 16.5. The van der Waals surface area contributed by atoms with E-state index in [-0.39, 0.29) is 12.1 Å². The van der Waals surface area contributed by atoms with Crippen LogP contribution in [0.15, 0.2) is 36.5 Å². The van der Waals surface area contributed by atoms with Gasteiger partial charge in [-0.15, -0.1) is 5.10 Å². The summed E-state index contributed by atoms with van der Waals surface area (Å²) in [4.78, 5) is 7.24. The third-order valence-corrected chi connectivity index (χ3v) is 7.82. The third-order valence-electron chi connectivity index (χ3n) is 7.82. The van der Waals surface area contributed by atoms with Crippen molar-refractivity contribution in [2.75, 3.05) is 32.1 Å². The zero-order valence-electron chi connectivity index (χ0n) is 21.3. The predicted molar refractivity (Wildman–Crippen MR) is 140 cm³/mol. The van der Waals surface area contributed by atoms with Crippen LogP contribution >= 0.6 is 0 Å². The number of aliphatic hydroxyl groups is 1. The number of nitrogens with one attached hydrogen (secondary N) is 1. The normalized spacial score (nSPS) is 23.0. The molecule has 7 nitrogen and oxygen atoms in total. The molecular weight excluding hydrogens is 438 g/mol. The van der Waals surface area contributed by atoms with E-state index in [4.69, 9.17) is 9.84 Å². The molecule has 0 bridgehead atoms. The Bertz CT molecular complexity index is 1130. The number of benzene rings is 1. The summed E-state index contributed by atoms with van der Waals surface area (Å²) in [6.45, 7) is 7.35. The molecule has 1 saturated carbocycles. The van der Waals surface area contributed by atoms with Gasteiger partial charge in [0.25, 0.3) is 0 Å². The number of anilines is 1. The smallest absolute Gasteiger partial charge is 0.241 e. The van der Waals surface area contributed by atoms with Crippen molar-refractivity contribution in [2.24, 2.45) is 0 Å². The maximum Gasteiger partial charge on any atom is 0.241 e. The average Bonchev–Trinajstić information content (AvgIpc) is 3.53. The fraction of sp³-hybridized carbons (Fsp3) is 0.571. The monoisotopic (exact) mass is 477 g/mol. The molecule has 0 radical (unpaired) electrons. The lowest BCUT2D eigenvalue weighted by atomic mass is 9.85. The number of ether oxygens (including phenoxy) is 1. The number of aromatic nitrogens is 3. The standard InChI is InChI=1S/C28H39N5O2/c1-19(18-35-3)30-28-29-17-27-25(16-26(33(27)31-28)21-9-11-24(34)12-10-21)23-8-6-7-22(15-23)20(2)32-13-4-5-14-32/h6-8,15-17,19-21,24,34H,4-5,9-14,18H2,1-3H3,(H,30,31)/t19-,20?,21?,24?/m0/s1. The molecule has 2 aliphatic rings. The van der Waals surface area contributed by atoms with E-state index in [1.165, 1.54) is 48.3 Å². The number of fused-ring (bicyclic) bond motifs is 1. The number of likely N-dealkylation sites (tertiary alicyclic amines) is 1. The third kappa shape index (κ3) is 5.22. The Morgan fingerprint density at radius 3 is 2.63 bits per heavy atom. The fourth-order valence-electron chi connectivity index (χ4n) is 5.79. The van der Waals surface area contributed by atoms with Crippen molar-refractivity contribution in [3.8, 4) is 11.1 Å². The maximum absolute atomic E-state index is 10.1. The summed E-state index contributed by atoms with van der Waals surface area (Å²) in [6, 6.07) is 11.8. The first-order chi connectivity index (χ1) is 17.0. The van der Waals surface area contributed by atoms with Crippen molar-refractivity contribution >= 4 is 11.5 Å². The molecule has 2 N–H and O–H groups in total. The van der Waals surface area contributed by atoms with Gasteiger partial charge in [-0.3, -0.25) is 4.90 Å². The zero-order chi connectivity index (χ0) is 24.4. The molecule has 1 aliphatic heterocycles. The highest BCUT2D eigenvalue weighted by Crippen LogP contribution is 2.38. The van der Waals surface area contributed by atoms with E-state index >= 15 is 0 Å². The van der Waals surface area contributed by atoms with Crippen molar-refractivity contribution in [3.05, 3.63) is 47.8 Å². The lowest BCUT2D eigenvalue weighted by Crippen LogP contribution is -2.23. The SMILES string of the molecule is COC[C@H](C)Nc1ncc2c(-c3cccc(C(C)N4CCCC4)c3)cc(C3CCC(O)CC3)n2n1. The van der Waals surface area contributed by atoms with Gasteiger partial charge in [0.15, 0.2) is 0 Å². The second-order valence-electron chi connectivity index (χ2n) is 10.4. The molecule has 2 fully saturated rings. The number of hydrogen-bond acceptors (Lipinski definition) is 6. The van der Waals surface area contributed by atoms with E-state index in [1.54, 1.807) is 7.11 Å². The molecule has 1 saturated heterocycles. The molecule has 188 valence electrons. The van der Waals surface area contributed by atoms with Gasteiger partial charge in [-0.25, -0.2) is 9.50 Å². The van der Waals surface area contributed by atoms with Crippen LogP contribution in [0.5, 0.6) is 0 Å². The predicted octanol–water partition coefficient (Wildman–Crippen LogP) is 5.02. The highest BCUT2D eigenvalue weighted by Gasteiger charge is 2.26. The van der Waals surface area contributed by atoms with Gasteiger partial charge in [-0.2, -0.15) is 0 Å². The summed E-state index contributed by atoms with van der Waals surface area (Å²) >= 11 is 0. The second kappa shape index (κ2) is 10.6. The van der Waals surface area contributed by atoms with E-state index in [0.29, 0.717) is 24.5 Å². The molecule has 0 spiro atoms. The highest BCUT2D eigenvalue weighted by molar-refractivity contribution is 5.82. The van der Waals surface area contributed by atoms with Crippen molar-refractivity contribution in [2.45, 2.75) is 76.5 Å². The molecule has 3 heterocycles. The minimum absolute atomic E-state index is 0.115. The molecule has 5 rings (SSSR count). The number of hydrogen-bond donors (Lipinski definition) is 2. The maximum atomic E-state index is 10.1. The fourth-order valence-corrected chi connectivity index (χ4v) is 5.79. The largest absolute Gasteiger partial charge is 0.393 e. The van der Waals surface area contributed by atoms with Crippen LogP contribution in [0, 0.1) is 0 Å². The number of aliphatic hydroxyl groups excluding tert-OH is 1. The van der Waals surface area contributed by atoms with E-state index in [0.717, 1.165) is 31.2 Å². The first-order valence-corrected chi connectivity index (χ1v) is 13.2. The first kappa shape index (κ1) is 24.2. The second-order valence-corrected chi connectivity index (χ2v) is 10.4. The summed E-state index contributed by atoms with van der Waals surface area (Å²) in [7, 11) is 1.70. The van der Waals surface area contributed by atoms with E-state index in [9.17, 15) is 5.11 Å². The molecule has 1 unspecified atom stereocenters. The molecule has 1 aromatic carbocycles. The molecule has 1 aliphatic carbocycles. The quantitative estimate of drug-likeness (QED) is 0.475. The molecule has 7 heteroatoms. The van der Waals surface area contributed by atoms with Crippen LogP contribution in [-0.4, -0.2) is 63.6 Å². The molecule has 0 amide bonds. The summed E-state index contributed by atoms with van der Waals surface area (Å²) in [6.07, 6.45) is 8.00. The molecule has 3 aromatic rings. The van der Waals surface area contributed by atoms with Crippen LogP contribution in [0.3, 0.4) is 0 Å². The number of nitrogens with zero attached hydrogens (tertiary/aromatic N) is 4. The molecule has 35 heavy (non-hydrogen) atoms. The zero-order valence-corrected chi connectivity index (χ0v) is 21.3. The van der Waals surface area contributed by atoms with Crippen LogP contribution in [0.25, 0.3) is 16.6 Å². The minimum atomic E-state index is -0.178. The Labute approximate surface area is 208 Å². The Morgan fingerprint density at radius 1 is 1.11 bits per heavy atom. The van der Waals surface area contributed by atoms with Gasteiger partial charge in [0, 0.05) is 36.4 Å². The Kier molecular flexibility index (Phi) is 7.37. The summed E-state index contributed by atoms with van der Waals surface area (Å²) in [5.74, 6) is 0.989. The van der Waals surface area contributed by atoms with Gasteiger partial charge >= 0.3 is 0 Å². The minimum Gasteiger partial charge on any atom is -0.393 e. The van der Waals surface area contributed by atoms with Crippen LogP contribution in [0.1, 0.15) is 75.6 Å². The van der Waals surface area contributed by atoms with Crippen LogP contribution in [-0.2, 0) is 4.74 Å². The number of rotatable bonds is 8. The van der Waals surface area contributed by atoms with Crippen molar-refractivity contribution in [3.63, 3.8) is 0 Å².